The zero-order valence-corrected chi connectivity index (χ0v) is 9.49. The summed E-state index contributed by atoms with van der Waals surface area (Å²) in [6.45, 7) is 3.59. The van der Waals surface area contributed by atoms with Crippen molar-refractivity contribution in [3.63, 3.8) is 0 Å². The van der Waals surface area contributed by atoms with Crippen LogP contribution in [0, 0.1) is 5.92 Å². The van der Waals surface area contributed by atoms with E-state index in [-0.39, 0.29) is 11.2 Å². The van der Waals surface area contributed by atoms with Gasteiger partial charge in [-0.1, -0.05) is 13.8 Å². The normalized spacial score (nSPS) is 14.5. The molecule has 2 atom stereocenters. The highest BCUT2D eigenvalue weighted by molar-refractivity contribution is 8.00. The molecule has 0 fully saturated rings. The third kappa shape index (κ3) is 3.43. The summed E-state index contributed by atoms with van der Waals surface area (Å²) in [4.78, 5) is 15.6. The Hall–Kier alpha value is -1.23. The predicted molar refractivity (Wildman–Crippen MR) is 60.8 cm³/mol. The fourth-order valence-electron chi connectivity index (χ4n) is 0.979. The van der Waals surface area contributed by atoms with Crippen LogP contribution in [0.15, 0.2) is 23.2 Å². The average molecular weight is 226 g/mol. The zero-order chi connectivity index (χ0) is 11.4. The van der Waals surface area contributed by atoms with E-state index in [2.05, 4.69) is 4.98 Å². The summed E-state index contributed by atoms with van der Waals surface area (Å²) in [5.41, 5.74) is 5.45. The summed E-state index contributed by atoms with van der Waals surface area (Å²) in [5.74, 6) is -0.691. The summed E-state index contributed by atoms with van der Waals surface area (Å²) in [6, 6.07) is 3.55. The van der Waals surface area contributed by atoms with Gasteiger partial charge < -0.3 is 10.8 Å². The molecule has 0 aliphatic rings. The SMILES string of the molecule is CC(Sc1ccc(N)nc1)C(C)C(=O)O. The summed E-state index contributed by atoms with van der Waals surface area (Å²) in [6.07, 6.45) is 1.66. The lowest BCUT2D eigenvalue weighted by Gasteiger charge is -2.14. The molecule has 0 bridgehead atoms. The van der Waals surface area contributed by atoms with Crippen LogP contribution in [0.1, 0.15) is 13.8 Å². The molecule has 5 heteroatoms. The largest absolute Gasteiger partial charge is 0.481 e. The number of carboxylic acids is 1. The number of nitrogens with two attached hydrogens (primary N) is 1. The van der Waals surface area contributed by atoms with Crippen LogP contribution >= 0.6 is 11.8 Å². The van der Waals surface area contributed by atoms with Crippen LogP contribution in [-0.4, -0.2) is 21.3 Å². The molecule has 0 aliphatic heterocycles. The summed E-state index contributed by atoms with van der Waals surface area (Å²) < 4.78 is 0. The van der Waals surface area contributed by atoms with Gasteiger partial charge in [-0.2, -0.15) is 0 Å². The molecule has 1 aromatic heterocycles. The summed E-state index contributed by atoms with van der Waals surface area (Å²) in [7, 11) is 0. The monoisotopic (exact) mass is 226 g/mol. The summed E-state index contributed by atoms with van der Waals surface area (Å²) >= 11 is 1.49. The van der Waals surface area contributed by atoms with Gasteiger partial charge in [-0.15, -0.1) is 11.8 Å². The first-order chi connectivity index (χ1) is 7.00. The fourth-order valence-corrected chi connectivity index (χ4v) is 1.99. The second-order valence-electron chi connectivity index (χ2n) is 3.37. The van der Waals surface area contributed by atoms with Crippen LogP contribution in [0.3, 0.4) is 0 Å². The third-order valence-corrected chi connectivity index (χ3v) is 3.47. The number of nitrogens with zero attached hydrogens (tertiary/aromatic N) is 1. The molecule has 0 aromatic carbocycles. The van der Waals surface area contributed by atoms with Crippen molar-refractivity contribution < 1.29 is 9.90 Å². The molecule has 3 N–H and O–H groups in total. The van der Waals surface area contributed by atoms with Crippen molar-refractivity contribution in [2.45, 2.75) is 24.0 Å². The molecule has 1 rings (SSSR count). The van der Waals surface area contributed by atoms with E-state index in [4.69, 9.17) is 10.8 Å². The van der Waals surface area contributed by atoms with Crippen LogP contribution < -0.4 is 5.73 Å². The first kappa shape index (κ1) is 11.8. The highest BCUT2D eigenvalue weighted by Crippen LogP contribution is 2.27. The minimum Gasteiger partial charge on any atom is -0.481 e. The van der Waals surface area contributed by atoms with Gasteiger partial charge in [0.15, 0.2) is 0 Å². The van der Waals surface area contributed by atoms with Crippen LogP contribution in [0.2, 0.25) is 0 Å². The van der Waals surface area contributed by atoms with Crippen molar-refractivity contribution in [1.82, 2.24) is 4.98 Å². The number of carboxylic acid groups (broad SMARTS) is 1. The number of hydrogen-bond donors (Lipinski definition) is 2. The van der Waals surface area contributed by atoms with E-state index in [9.17, 15) is 4.79 Å². The molecular weight excluding hydrogens is 212 g/mol. The lowest BCUT2D eigenvalue weighted by molar-refractivity contribution is -0.140. The van der Waals surface area contributed by atoms with Crippen molar-refractivity contribution in [3.05, 3.63) is 18.3 Å². The average Bonchev–Trinajstić information content (AvgIpc) is 2.20. The van der Waals surface area contributed by atoms with E-state index in [1.54, 1.807) is 19.2 Å². The number of hydrogen-bond acceptors (Lipinski definition) is 4. The first-order valence-corrected chi connectivity index (χ1v) is 5.49. The maximum atomic E-state index is 10.7. The number of thioether (sulfide) groups is 1. The number of nitrogen functional groups attached to an aromatic ring is 1. The quantitative estimate of drug-likeness (QED) is 0.766. The molecule has 4 nitrogen and oxygen atoms in total. The van der Waals surface area contributed by atoms with Gasteiger partial charge in [0.2, 0.25) is 0 Å². The van der Waals surface area contributed by atoms with Crippen molar-refractivity contribution in [3.8, 4) is 0 Å². The molecule has 0 spiro atoms. The van der Waals surface area contributed by atoms with Gasteiger partial charge in [-0.25, -0.2) is 4.98 Å². The zero-order valence-electron chi connectivity index (χ0n) is 8.68. The Kier molecular flexibility index (Phi) is 3.96. The van der Waals surface area contributed by atoms with Crippen LogP contribution in [0.5, 0.6) is 0 Å². The minimum atomic E-state index is -0.779. The van der Waals surface area contributed by atoms with Gasteiger partial charge >= 0.3 is 5.97 Å². The Morgan fingerprint density at radius 1 is 1.53 bits per heavy atom. The number of anilines is 1. The van der Waals surface area contributed by atoms with Gasteiger partial charge in [-0.05, 0) is 12.1 Å². The Morgan fingerprint density at radius 2 is 2.20 bits per heavy atom. The van der Waals surface area contributed by atoms with E-state index in [0.29, 0.717) is 5.82 Å². The molecule has 0 amide bonds. The molecular formula is C10H14N2O2S. The summed E-state index contributed by atoms with van der Waals surface area (Å²) in [5, 5.41) is 8.83. The van der Waals surface area contributed by atoms with E-state index in [1.807, 2.05) is 13.0 Å². The highest BCUT2D eigenvalue weighted by Gasteiger charge is 2.20. The lowest BCUT2D eigenvalue weighted by atomic mass is 10.1. The van der Waals surface area contributed by atoms with E-state index < -0.39 is 5.97 Å². The minimum absolute atomic E-state index is 0.00734. The molecule has 15 heavy (non-hydrogen) atoms. The van der Waals surface area contributed by atoms with Crippen LogP contribution in [-0.2, 0) is 4.79 Å². The van der Waals surface area contributed by atoms with Crippen molar-refractivity contribution in [1.29, 1.82) is 0 Å². The fraction of sp³-hybridized carbons (Fsp3) is 0.400. The number of aliphatic carboxylic acids is 1. The van der Waals surface area contributed by atoms with Crippen molar-refractivity contribution in [2.75, 3.05) is 5.73 Å². The molecule has 0 saturated heterocycles. The predicted octanol–water partition coefficient (Wildman–Crippen LogP) is 1.87. The Bertz CT molecular complexity index is 340. The number of rotatable bonds is 4. The van der Waals surface area contributed by atoms with Gasteiger partial charge in [0.25, 0.3) is 0 Å². The third-order valence-electron chi connectivity index (χ3n) is 2.17. The second kappa shape index (κ2) is 5.02. The molecule has 1 heterocycles. The number of aromatic nitrogens is 1. The van der Waals surface area contributed by atoms with Crippen LogP contribution in [0.25, 0.3) is 0 Å². The van der Waals surface area contributed by atoms with Crippen molar-refractivity contribution >= 4 is 23.5 Å². The molecule has 2 unspecified atom stereocenters. The molecule has 82 valence electrons. The Balaban J connectivity index is 2.62. The van der Waals surface area contributed by atoms with Gasteiger partial charge in [0.1, 0.15) is 5.82 Å². The lowest BCUT2D eigenvalue weighted by Crippen LogP contribution is -2.19. The Morgan fingerprint density at radius 3 is 2.67 bits per heavy atom. The Labute approximate surface area is 92.9 Å². The number of pyridine rings is 1. The molecule has 1 aromatic rings. The maximum Gasteiger partial charge on any atom is 0.307 e. The molecule has 0 aliphatic carbocycles. The first-order valence-electron chi connectivity index (χ1n) is 4.61. The van der Waals surface area contributed by atoms with Crippen LogP contribution in [0.4, 0.5) is 5.82 Å². The van der Waals surface area contributed by atoms with Gasteiger partial charge in [-0.3, -0.25) is 4.79 Å². The highest BCUT2D eigenvalue weighted by atomic mass is 32.2. The molecule has 0 saturated carbocycles. The maximum absolute atomic E-state index is 10.7. The molecule has 0 radical (unpaired) electrons. The van der Waals surface area contributed by atoms with Gasteiger partial charge in [0, 0.05) is 16.3 Å². The van der Waals surface area contributed by atoms with Gasteiger partial charge in [0.05, 0.1) is 5.92 Å². The smallest absolute Gasteiger partial charge is 0.307 e. The van der Waals surface area contributed by atoms with E-state index in [0.717, 1.165) is 4.90 Å². The standard InChI is InChI=1S/C10H14N2O2S/c1-6(10(13)14)7(2)15-8-3-4-9(11)12-5-8/h3-7H,1-2H3,(H2,11,12)(H,13,14). The number of carbonyl (C=O) groups is 1. The van der Waals surface area contributed by atoms with E-state index in [1.165, 1.54) is 11.8 Å². The van der Waals surface area contributed by atoms with Crippen molar-refractivity contribution in [2.24, 2.45) is 5.92 Å². The van der Waals surface area contributed by atoms with E-state index >= 15 is 0 Å². The topological polar surface area (TPSA) is 76.2 Å². The second-order valence-corrected chi connectivity index (χ2v) is 4.82.